The lowest BCUT2D eigenvalue weighted by atomic mass is 10.1. The maximum atomic E-state index is 13.6. The highest BCUT2D eigenvalue weighted by atomic mass is 19.4. The Morgan fingerprint density at radius 3 is 1.81 bits per heavy atom. The number of halogens is 10. The number of hydrogen-bond acceptors (Lipinski definition) is 3. The van der Waals surface area contributed by atoms with Crippen LogP contribution in [-0.4, -0.2) is 43.6 Å². The Kier molecular flexibility index (Phi) is 9.10. The molecule has 3 nitrogen and oxygen atoms in total. The maximum Gasteiger partial charge on any atom is 0.522 e. The summed E-state index contributed by atoms with van der Waals surface area (Å²) in [6.07, 6.45) is -21.5. The van der Waals surface area contributed by atoms with Crippen molar-refractivity contribution in [1.29, 1.82) is 0 Å². The van der Waals surface area contributed by atoms with E-state index in [0.717, 1.165) is 0 Å². The molecule has 13 heteroatoms. The molecule has 0 N–H and O–H groups in total. The summed E-state index contributed by atoms with van der Waals surface area (Å²) in [4.78, 5) is 0. The Morgan fingerprint density at radius 1 is 0.885 bits per heavy atom. The molecule has 3 unspecified atom stereocenters. The first kappa shape index (κ1) is 25.2. The number of alkyl halides is 10. The van der Waals surface area contributed by atoms with Crippen molar-refractivity contribution in [3.8, 4) is 0 Å². The first-order valence-electron chi connectivity index (χ1n) is 7.35. The molecule has 0 heterocycles. The molecule has 0 spiro atoms. The van der Waals surface area contributed by atoms with Crippen molar-refractivity contribution in [1.82, 2.24) is 0 Å². The third-order valence-corrected chi connectivity index (χ3v) is 3.12. The fourth-order valence-corrected chi connectivity index (χ4v) is 2.00. The van der Waals surface area contributed by atoms with Crippen LogP contribution in [0.5, 0.6) is 0 Å². The van der Waals surface area contributed by atoms with E-state index in [0.29, 0.717) is 13.3 Å². The maximum absolute atomic E-state index is 13.6. The summed E-state index contributed by atoms with van der Waals surface area (Å²) in [6, 6.07) is 0. The average Bonchev–Trinajstić information content (AvgIpc) is 2.41. The van der Waals surface area contributed by atoms with Gasteiger partial charge in [-0.15, -0.1) is 13.2 Å². The molecule has 0 saturated carbocycles. The van der Waals surface area contributed by atoms with Crippen molar-refractivity contribution in [3.05, 3.63) is 0 Å². The van der Waals surface area contributed by atoms with E-state index in [1.165, 1.54) is 0 Å². The van der Waals surface area contributed by atoms with Crippen LogP contribution >= 0.6 is 0 Å². The molecule has 0 saturated heterocycles. The summed E-state index contributed by atoms with van der Waals surface area (Å²) < 4.78 is 137. The highest BCUT2D eigenvalue weighted by Gasteiger charge is 2.75. The summed E-state index contributed by atoms with van der Waals surface area (Å²) >= 11 is 0. The van der Waals surface area contributed by atoms with Crippen LogP contribution in [0.3, 0.4) is 0 Å². The zero-order chi connectivity index (χ0) is 20.8. The third kappa shape index (κ3) is 7.43. The number of hydrogen-bond donors (Lipinski definition) is 0. The summed E-state index contributed by atoms with van der Waals surface area (Å²) in [5.74, 6) is -5.81. The van der Waals surface area contributed by atoms with E-state index in [-0.39, 0.29) is 12.8 Å². The Hall–Kier alpha value is -0.820. The third-order valence-electron chi connectivity index (χ3n) is 3.12. The van der Waals surface area contributed by atoms with Crippen LogP contribution in [0.4, 0.5) is 43.9 Å². The Bertz CT molecular complexity index is 412. The van der Waals surface area contributed by atoms with Crippen molar-refractivity contribution >= 4 is 0 Å². The predicted molar refractivity (Wildman–Crippen MR) is 67.5 cm³/mol. The van der Waals surface area contributed by atoms with Gasteiger partial charge in [-0.25, -0.2) is 4.39 Å². The minimum absolute atomic E-state index is 0.199. The monoisotopic (exact) mass is 412 g/mol. The van der Waals surface area contributed by atoms with Crippen molar-refractivity contribution in [2.45, 2.75) is 76.2 Å². The van der Waals surface area contributed by atoms with Crippen LogP contribution in [0.1, 0.15) is 39.5 Å². The van der Waals surface area contributed by atoms with Gasteiger partial charge < -0.3 is 9.47 Å². The Morgan fingerprint density at radius 2 is 1.42 bits per heavy atom. The van der Waals surface area contributed by atoms with Gasteiger partial charge in [-0.05, 0) is 13.3 Å². The summed E-state index contributed by atoms with van der Waals surface area (Å²) in [6.45, 7) is -0.230. The molecule has 3 atom stereocenters. The standard InChI is InChI=1S/C13H18F10O3/c1-3-4-5-9(26-13(21,22)23)6-8(2)25-12(19,20)10(15,24-7-14)11(16,17)18/h8-9H,3-7H2,1-2H3. The molecule has 0 radical (unpaired) electrons. The molecular weight excluding hydrogens is 394 g/mol. The van der Waals surface area contributed by atoms with Crippen LogP contribution in [0.2, 0.25) is 0 Å². The Labute approximate surface area is 142 Å². The number of rotatable bonds is 11. The molecular formula is C13H18F10O3. The minimum Gasteiger partial charge on any atom is -0.312 e. The SMILES string of the molecule is CCCCC(CC(C)OC(F)(F)C(F)(OCF)C(F)(F)F)OC(F)(F)F. The zero-order valence-electron chi connectivity index (χ0n) is 13.7. The second-order valence-electron chi connectivity index (χ2n) is 5.36. The van der Waals surface area contributed by atoms with E-state index in [4.69, 9.17) is 0 Å². The van der Waals surface area contributed by atoms with Gasteiger partial charge in [0.1, 0.15) is 0 Å². The van der Waals surface area contributed by atoms with Crippen molar-refractivity contribution < 1.29 is 58.1 Å². The van der Waals surface area contributed by atoms with Crippen LogP contribution < -0.4 is 0 Å². The highest BCUT2D eigenvalue weighted by Crippen LogP contribution is 2.47. The van der Waals surface area contributed by atoms with E-state index in [2.05, 4.69) is 14.2 Å². The van der Waals surface area contributed by atoms with Gasteiger partial charge in [-0.2, -0.15) is 26.3 Å². The molecule has 158 valence electrons. The lowest BCUT2D eigenvalue weighted by molar-refractivity contribution is -0.469. The number of ether oxygens (including phenoxy) is 3. The van der Waals surface area contributed by atoms with E-state index < -0.39 is 50.0 Å². The van der Waals surface area contributed by atoms with Gasteiger partial charge in [-0.3, -0.25) is 4.74 Å². The molecule has 26 heavy (non-hydrogen) atoms. The van der Waals surface area contributed by atoms with E-state index in [1.807, 2.05) is 0 Å². The summed E-state index contributed by atoms with van der Waals surface area (Å²) in [5, 5.41) is 0. The smallest absolute Gasteiger partial charge is 0.312 e. The first-order chi connectivity index (χ1) is 11.6. The Balaban J connectivity index is 5.19. The normalized spacial score (nSPS) is 18.5. The highest BCUT2D eigenvalue weighted by molar-refractivity contribution is 4.87. The van der Waals surface area contributed by atoms with Gasteiger partial charge >= 0.3 is 24.5 Å². The van der Waals surface area contributed by atoms with Gasteiger partial charge in [0.05, 0.1) is 12.2 Å². The largest absolute Gasteiger partial charge is 0.522 e. The second kappa shape index (κ2) is 9.40. The molecule has 0 aliphatic heterocycles. The van der Waals surface area contributed by atoms with Crippen LogP contribution in [0.25, 0.3) is 0 Å². The fourth-order valence-electron chi connectivity index (χ4n) is 2.00. The minimum atomic E-state index is -6.37. The second-order valence-corrected chi connectivity index (χ2v) is 5.36. The summed E-state index contributed by atoms with van der Waals surface area (Å²) in [5.41, 5.74) is 0. The molecule has 0 aliphatic rings. The van der Waals surface area contributed by atoms with Crippen molar-refractivity contribution in [2.75, 3.05) is 6.86 Å². The van der Waals surface area contributed by atoms with Crippen molar-refractivity contribution in [2.24, 2.45) is 0 Å². The molecule has 0 aromatic rings. The van der Waals surface area contributed by atoms with Gasteiger partial charge in [-0.1, -0.05) is 19.8 Å². The lowest BCUT2D eigenvalue weighted by Gasteiger charge is -2.35. The lowest BCUT2D eigenvalue weighted by Crippen LogP contribution is -2.59. The zero-order valence-corrected chi connectivity index (χ0v) is 13.7. The van der Waals surface area contributed by atoms with Gasteiger partial charge in [0, 0.05) is 6.42 Å². The number of unbranched alkanes of at least 4 members (excludes halogenated alkanes) is 1. The molecule has 0 bridgehead atoms. The van der Waals surface area contributed by atoms with Gasteiger partial charge in [0.15, 0.2) is 6.86 Å². The average molecular weight is 412 g/mol. The summed E-state index contributed by atoms with van der Waals surface area (Å²) in [7, 11) is 0. The van der Waals surface area contributed by atoms with Gasteiger partial charge in [0.25, 0.3) is 0 Å². The van der Waals surface area contributed by atoms with E-state index in [1.54, 1.807) is 6.92 Å². The molecule has 0 aromatic heterocycles. The molecule has 0 aromatic carbocycles. The predicted octanol–water partition coefficient (Wildman–Crippen LogP) is 5.64. The van der Waals surface area contributed by atoms with Crippen LogP contribution in [0.15, 0.2) is 0 Å². The van der Waals surface area contributed by atoms with E-state index >= 15 is 0 Å². The van der Waals surface area contributed by atoms with Gasteiger partial charge in [0.2, 0.25) is 0 Å². The first-order valence-corrected chi connectivity index (χ1v) is 7.35. The quantitative estimate of drug-likeness (QED) is 0.411. The van der Waals surface area contributed by atoms with E-state index in [9.17, 15) is 43.9 Å². The van der Waals surface area contributed by atoms with Crippen molar-refractivity contribution in [3.63, 3.8) is 0 Å². The van der Waals surface area contributed by atoms with Crippen LogP contribution in [0, 0.1) is 0 Å². The molecule has 0 amide bonds. The fraction of sp³-hybridized carbons (Fsp3) is 1.00. The topological polar surface area (TPSA) is 27.7 Å². The molecule has 0 rings (SSSR count). The molecule has 0 fully saturated rings. The van der Waals surface area contributed by atoms with Crippen LogP contribution in [-0.2, 0) is 14.2 Å². The molecule has 0 aliphatic carbocycles.